The molecule has 0 radical (unpaired) electrons. The van der Waals surface area contributed by atoms with Gasteiger partial charge < -0.3 is 10.4 Å². The van der Waals surface area contributed by atoms with Crippen molar-refractivity contribution >= 4 is 23.2 Å². The molecule has 104 valence electrons. The first-order valence-corrected chi connectivity index (χ1v) is 7.41. The fourth-order valence-corrected chi connectivity index (χ4v) is 3.31. The quantitative estimate of drug-likeness (QED) is 0.869. The Balaban J connectivity index is 1.95. The summed E-state index contributed by atoms with van der Waals surface area (Å²) in [6.45, 7) is 2.81. The van der Waals surface area contributed by atoms with E-state index in [-0.39, 0.29) is 22.0 Å². The van der Waals surface area contributed by atoms with Crippen LogP contribution in [0.3, 0.4) is 0 Å². The van der Waals surface area contributed by atoms with E-state index >= 15 is 0 Å². The first-order chi connectivity index (χ1) is 9.06. The van der Waals surface area contributed by atoms with E-state index in [1.54, 1.807) is 0 Å². The first kappa shape index (κ1) is 14.0. The minimum atomic E-state index is -1.10. The van der Waals surface area contributed by atoms with E-state index in [1.807, 2.05) is 0 Å². The minimum Gasteiger partial charge on any atom is -0.476 e. The second kappa shape index (κ2) is 5.69. The lowest BCUT2D eigenvalue weighted by Gasteiger charge is -2.27. The van der Waals surface area contributed by atoms with Crippen LogP contribution in [0.25, 0.3) is 0 Å². The zero-order valence-corrected chi connectivity index (χ0v) is 11.8. The summed E-state index contributed by atoms with van der Waals surface area (Å²) in [5, 5.41) is 13.3. The monoisotopic (exact) mass is 282 g/mol. The number of carboxylic acid groups (broad SMARTS) is 1. The van der Waals surface area contributed by atoms with Crippen molar-refractivity contribution in [1.29, 1.82) is 0 Å². The van der Waals surface area contributed by atoms with Crippen molar-refractivity contribution in [1.82, 2.24) is 10.3 Å². The van der Waals surface area contributed by atoms with Crippen LogP contribution in [0.2, 0.25) is 0 Å². The van der Waals surface area contributed by atoms with Crippen molar-refractivity contribution in [3.05, 3.63) is 16.1 Å². The predicted molar refractivity (Wildman–Crippen MR) is 72.6 cm³/mol. The van der Waals surface area contributed by atoms with Gasteiger partial charge in [-0.05, 0) is 24.7 Å². The number of carboxylic acids is 1. The second-order valence-electron chi connectivity index (χ2n) is 5.09. The highest BCUT2D eigenvalue weighted by molar-refractivity contribution is 7.11. The Labute approximate surface area is 116 Å². The van der Waals surface area contributed by atoms with Crippen molar-refractivity contribution < 1.29 is 14.7 Å². The van der Waals surface area contributed by atoms with Gasteiger partial charge >= 0.3 is 5.97 Å². The van der Waals surface area contributed by atoms with Crippen molar-refractivity contribution in [2.24, 2.45) is 5.41 Å². The van der Waals surface area contributed by atoms with E-state index in [4.69, 9.17) is 5.11 Å². The molecule has 0 spiro atoms. The first-order valence-electron chi connectivity index (χ1n) is 6.53. The van der Waals surface area contributed by atoms with E-state index in [0.717, 1.165) is 30.6 Å². The summed E-state index contributed by atoms with van der Waals surface area (Å²) in [6.07, 6.45) is 5.82. The molecule has 1 heterocycles. The number of amides is 1. The number of carbonyl (C=O) groups is 2. The number of carbonyl (C=O) groups excluding carboxylic acids is 1. The molecule has 0 aromatic carbocycles. The third-order valence-electron chi connectivity index (χ3n) is 3.96. The van der Waals surface area contributed by atoms with Gasteiger partial charge in [0.1, 0.15) is 0 Å². The highest BCUT2D eigenvalue weighted by Crippen LogP contribution is 2.40. The minimum absolute atomic E-state index is 0.0683. The fourth-order valence-electron chi connectivity index (χ4n) is 2.60. The van der Waals surface area contributed by atoms with Gasteiger partial charge in [-0.1, -0.05) is 19.8 Å². The molecule has 0 unspecified atom stereocenters. The van der Waals surface area contributed by atoms with Crippen molar-refractivity contribution in [3.63, 3.8) is 0 Å². The molecule has 19 heavy (non-hydrogen) atoms. The van der Waals surface area contributed by atoms with Gasteiger partial charge in [0.05, 0.1) is 0 Å². The summed E-state index contributed by atoms with van der Waals surface area (Å²) in [7, 11) is 0. The molecule has 1 aliphatic rings. The van der Waals surface area contributed by atoms with E-state index in [9.17, 15) is 9.59 Å². The van der Waals surface area contributed by atoms with Crippen LogP contribution in [0.1, 0.15) is 59.3 Å². The Morgan fingerprint density at radius 1 is 1.47 bits per heavy atom. The Bertz CT molecular complexity index is 478. The third kappa shape index (κ3) is 3.12. The van der Waals surface area contributed by atoms with Gasteiger partial charge in [0, 0.05) is 11.9 Å². The Morgan fingerprint density at radius 3 is 2.68 bits per heavy atom. The van der Waals surface area contributed by atoms with E-state index < -0.39 is 5.97 Å². The molecule has 1 saturated carbocycles. The smallest absolute Gasteiger partial charge is 0.355 e. The maximum atomic E-state index is 11.9. The molecule has 1 aromatic heterocycles. The molecule has 1 aliphatic carbocycles. The number of hydrogen-bond donors (Lipinski definition) is 2. The molecule has 2 rings (SSSR count). The van der Waals surface area contributed by atoms with Gasteiger partial charge in [0.2, 0.25) is 0 Å². The molecular weight excluding hydrogens is 264 g/mol. The average molecular weight is 282 g/mol. The van der Waals surface area contributed by atoms with Crippen LogP contribution in [0.4, 0.5) is 0 Å². The lowest BCUT2D eigenvalue weighted by molar-refractivity contribution is 0.0691. The van der Waals surface area contributed by atoms with E-state index in [0.29, 0.717) is 6.54 Å². The molecule has 5 nitrogen and oxygen atoms in total. The van der Waals surface area contributed by atoms with Crippen LogP contribution in [0.15, 0.2) is 5.38 Å². The molecule has 0 atom stereocenters. The Morgan fingerprint density at radius 2 is 2.16 bits per heavy atom. The highest BCUT2D eigenvalue weighted by atomic mass is 32.1. The SMILES string of the molecule is CCC1(CNC(=O)c2nc(C(=O)O)cs2)CCCC1. The number of rotatable bonds is 5. The molecule has 0 aliphatic heterocycles. The second-order valence-corrected chi connectivity index (χ2v) is 5.94. The van der Waals surface area contributed by atoms with Crippen LogP contribution in [-0.4, -0.2) is 28.5 Å². The standard InChI is InChI=1S/C13H18N2O3S/c1-2-13(5-3-4-6-13)8-14-10(16)11-15-9(7-19-11)12(17)18/h7H,2-6,8H2,1H3,(H,14,16)(H,17,18). The fraction of sp³-hybridized carbons (Fsp3) is 0.615. The molecule has 0 saturated heterocycles. The Kier molecular flexibility index (Phi) is 4.19. The maximum Gasteiger partial charge on any atom is 0.355 e. The number of thiazole rings is 1. The highest BCUT2D eigenvalue weighted by Gasteiger charge is 2.32. The number of hydrogen-bond acceptors (Lipinski definition) is 4. The summed E-state index contributed by atoms with van der Waals surface area (Å²) >= 11 is 1.07. The van der Waals surface area contributed by atoms with Crippen LogP contribution in [0, 0.1) is 5.41 Å². The summed E-state index contributed by atoms with van der Waals surface area (Å²) < 4.78 is 0. The lowest BCUT2D eigenvalue weighted by atomic mass is 9.83. The zero-order chi connectivity index (χ0) is 13.9. The number of nitrogens with one attached hydrogen (secondary N) is 1. The molecule has 0 bridgehead atoms. The molecule has 1 aromatic rings. The largest absolute Gasteiger partial charge is 0.476 e. The average Bonchev–Trinajstić information content (AvgIpc) is 3.06. The topological polar surface area (TPSA) is 79.3 Å². The number of aromatic carboxylic acids is 1. The van der Waals surface area contributed by atoms with Crippen LogP contribution < -0.4 is 5.32 Å². The zero-order valence-electron chi connectivity index (χ0n) is 10.9. The maximum absolute atomic E-state index is 11.9. The van der Waals surface area contributed by atoms with Crippen molar-refractivity contribution in [3.8, 4) is 0 Å². The van der Waals surface area contributed by atoms with Crippen LogP contribution in [0.5, 0.6) is 0 Å². The van der Waals surface area contributed by atoms with Crippen molar-refractivity contribution in [2.75, 3.05) is 6.54 Å². The normalized spacial score (nSPS) is 17.3. The number of aromatic nitrogens is 1. The summed E-state index contributed by atoms with van der Waals surface area (Å²) in [6, 6.07) is 0. The molecule has 2 N–H and O–H groups in total. The molecule has 1 amide bonds. The number of nitrogens with zero attached hydrogens (tertiary/aromatic N) is 1. The van der Waals surface area contributed by atoms with Gasteiger partial charge in [-0.15, -0.1) is 11.3 Å². The lowest BCUT2D eigenvalue weighted by Crippen LogP contribution is -2.35. The predicted octanol–water partition coefficient (Wildman–Crippen LogP) is 2.54. The van der Waals surface area contributed by atoms with E-state index in [1.165, 1.54) is 18.2 Å². The molecule has 6 heteroatoms. The summed E-state index contributed by atoms with van der Waals surface area (Å²) in [4.78, 5) is 26.5. The summed E-state index contributed by atoms with van der Waals surface area (Å²) in [5.74, 6) is -1.37. The van der Waals surface area contributed by atoms with Gasteiger partial charge in [-0.2, -0.15) is 0 Å². The third-order valence-corrected chi connectivity index (χ3v) is 4.80. The molecular formula is C13H18N2O3S. The van der Waals surface area contributed by atoms with Gasteiger partial charge in [-0.3, -0.25) is 4.79 Å². The van der Waals surface area contributed by atoms with Gasteiger partial charge in [0.25, 0.3) is 5.91 Å². The van der Waals surface area contributed by atoms with E-state index in [2.05, 4.69) is 17.2 Å². The Hall–Kier alpha value is -1.43. The van der Waals surface area contributed by atoms with Crippen LogP contribution in [-0.2, 0) is 0 Å². The summed E-state index contributed by atoms with van der Waals surface area (Å²) in [5.41, 5.74) is 0.156. The van der Waals surface area contributed by atoms with Crippen molar-refractivity contribution in [2.45, 2.75) is 39.0 Å². The van der Waals surface area contributed by atoms with Gasteiger partial charge in [-0.25, -0.2) is 9.78 Å². The molecule has 1 fully saturated rings. The van der Waals surface area contributed by atoms with Crippen LogP contribution >= 0.6 is 11.3 Å². The van der Waals surface area contributed by atoms with Gasteiger partial charge in [0.15, 0.2) is 10.7 Å².